The highest BCUT2D eigenvalue weighted by Crippen LogP contribution is 2.34. The summed E-state index contributed by atoms with van der Waals surface area (Å²) in [5.74, 6) is 2.27. The molecule has 3 N–H and O–H groups in total. The molecule has 1 fully saturated rings. The Labute approximate surface area is 184 Å². The normalized spacial score (nSPS) is 17.5. The molecule has 6 nitrogen and oxygen atoms in total. The second-order valence-corrected chi connectivity index (χ2v) is 11.0. The van der Waals surface area contributed by atoms with Crippen molar-refractivity contribution in [1.29, 1.82) is 0 Å². The van der Waals surface area contributed by atoms with Crippen LogP contribution in [0.1, 0.15) is 59.8 Å². The van der Waals surface area contributed by atoms with Gasteiger partial charge < -0.3 is 11.1 Å². The Morgan fingerprint density at radius 3 is 2.48 bits per heavy atom. The van der Waals surface area contributed by atoms with Gasteiger partial charge in [-0.2, -0.15) is 0 Å². The molecule has 4 rings (SSSR count). The maximum atomic E-state index is 11.8. The lowest BCUT2D eigenvalue weighted by atomic mass is 9.92. The molecule has 3 aromatic rings. The van der Waals surface area contributed by atoms with E-state index in [1.54, 1.807) is 0 Å². The average Bonchev–Trinajstić information content (AvgIpc) is 2.70. The van der Waals surface area contributed by atoms with Crippen LogP contribution in [-0.2, 0) is 9.84 Å². The summed E-state index contributed by atoms with van der Waals surface area (Å²) in [6.07, 6.45) is 1.34. The molecule has 0 aliphatic carbocycles. The minimum atomic E-state index is -2.88. The largest absolute Gasteiger partial charge is 0.399 e. The first-order chi connectivity index (χ1) is 14.6. The van der Waals surface area contributed by atoms with E-state index in [9.17, 15) is 8.42 Å². The lowest BCUT2D eigenvalue weighted by Gasteiger charge is -2.23. The summed E-state index contributed by atoms with van der Waals surface area (Å²) in [6, 6.07) is 10.3. The van der Waals surface area contributed by atoms with Crippen molar-refractivity contribution in [3.05, 3.63) is 58.4 Å². The van der Waals surface area contributed by atoms with Crippen LogP contribution in [0, 0.1) is 20.8 Å². The van der Waals surface area contributed by atoms with Crippen LogP contribution in [0.3, 0.4) is 0 Å². The van der Waals surface area contributed by atoms with Gasteiger partial charge >= 0.3 is 0 Å². The molecule has 1 atom stereocenters. The van der Waals surface area contributed by atoms with E-state index in [2.05, 4.69) is 43.2 Å². The van der Waals surface area contributed by atoms with Gasteiger partial charge in [-0.3, -0.25) is 0 Å². The summed E-state index contributed by atoms with van der Waals surface area (Å²) in [7, 11) is -2.88. The zero-order valence-corrected chi connectivity index (χ0v) is 19.4. The fourth-order valence-electron chi connectivity index (χ4n) is 4.50. The zero-order valence-electron chi connectivity index (χ0n) is 18.6. The summed E-state index contributed by atoms with van der Waals surface area (Å²) in [4.78, 5) is 9.31. The van der Waals surface area contributed by atoms with Crippen molar-refractivity contribution in [1.82, 2.24) is 9.97 Å². The summed E-state index contributed by atoms with van der Waals surface area (Å²) in [5.41, 5.74) is 12.4. The smallest absolute Gasteiger partial charge is 0.150 e. The van der Waals surface area contributed by atoms with Gasteiger partial charge in [0.1, 0.15) is 21.5 Å². The van der Waals surface area contributed by atoms with Crippen molar-refractivity contribution >= 4 is 32.2 Å². The first-order valence-electron chi connectivity index (χ1n) is 10.7. The number of nitrogens with one attached hydrogen (secondary N) is 1. The van der Waals surface area contributed by atoms with Crippen molar-refractivity contribution in [3.63, 3.8) is 0 Å². The topological polar surface area (TPSA) is 98.0 Å². The van der Waals surface area contributed by atoms with Crippen LogP contribution in [0.2, 0.25) is 0 Å². The minimum absolute atomic E-state index is 0.0168. The number of fused-ring (bicyclic) bond motifs is 1. The molecule has 1 aromatic heterocycles. The predicted octanol–water partition coefficient (Wildman–Crippen LogP) is 4.60. The van der Waals surface area contributed by atoms with Crippen molar-refractivity contribution in [2.24, 2.45) is 0 Å². The standard InChI is InChI=1S/C24H30N4O2S/c1-14-11-20(25)13-21(15(14)2)16(3)26-24-22-12-19(5-6-23(22)27-17(4)28-24)18-7-9-31(29,30)10-8-18/h5-6,11-13,16,18H,7-10,25H2,1-4H3,(H,26,27,28)/t16-/m1/s1. The zero-order chi connectivity index (χ0) is 22.3. The molecule has 164 valence electrons. The van der Waals surface area contributed by atoms with Crippen LogP contribution >= 0.6 is 0 Å². The van der Waals surface area contributed by atoms with Crippen LogP contribution in [0.4, 0.5) is 11.5 Å². The van der Waals surface area contributed by atoms with E-state index in [1.807, 2.05) is 25.1 Å². The highest BCUT2D eigenvalue weighted by atomic mass is 32.2. The van der Waals surface area contributed by atoms with Gasteiger partial charge in [-0.05, 0) is 93.0 Å². The SMILES string of the molecule is Cc1nc(N[C@H](C)c2cc(N)cc(C)c2C)c2cc(C3CCS(=O)(=O)CC3)ccc2n1. The summed E-state index contributed by atoms with van der Waals surface area (Å²) in [5, 5.41) is 4.54. The number of aromatic nitrogens is 2. The van der Waals surface area contributed by atoms with E-state index in [0.717, 1.165) is 33.5 Å². The van der Waals surface area contributed by atoms with E-state index in [4.69, 9.17) is 10.7 Å². The van der Waals surface area contributed by atoms with Gasteiger partial charge in [-0.15, -0.1) is 0 Å². The number of nitrogens with zero attached hydrogens (tertiary/aromatic N) is 2. The quantitative estimate of drug-likeness (QED) is 0.578. The first kappa shape index (κ1) is 21.6. The van der Waals surface area contributed by atoms with Crippen molar-refractivity contribution in [3.8, 4) is 0 Å². The number of benzene rings is 2. The van der Waals surface area contributed by atoms with E-state index >= 15 is 0 Å². The van der Waals surface area contributed by atoms with E-state index in [-0.39, 0.29) is 23.5 Å². The Balaban J connectivity index is 1.70. The fraction of sp³-hybridized carbons (Fsp3) is 0.417. The molecule has 0 bridgehead atoms. The molecule has 7 heteroatoms. The van der Waals surface area contributed by atoms with E-state index in [0.29, 0.717) is 18.7 Å². The third-order valence-corrected chi connectivity index (χ3v) is 8.12. The predicted molar refractivity (Wildman–Crippen MR) is 127 cm³/mol. The molecule has 31 heavy (non-hydrogen) atoms. The molecule has 0 spiro atoms. The van der Waals surface area contributed by atoms with E-state index in [1.165, 1.54) is 11.1 Å². The molecule has 0 saturated carbocycles. The number of nitrogens with two attached hydrogens (primary N) is 1. The van der Waals surface area contributed by atoms with Gasteiger partial charge in [0.2, 0.25) is 0 Å². The van der Waals surface area contributed by atoms with Crippen molar-refractivity contribution < 1.29 is 8.42 Å². The lowest BCUT2D eigenvalue weighted by Crippen LogP contribution is -2.22. The lowest BCUT2D eigenvalue weighted by molar-refractivity contribution is 0.550. The maximum absolute atomic E-state index is 11.8. The minimum Gasteiger partial charge on any atom is -0.399 e. The van der Waals surface area contributed by atoms with Crippen molar-refractivity contribution in [2.75, 3.05) is 22.6 Å². The number of sulfone groups is 1. The summed E-state index contributed by atoms with van der Waals surface area (Å²) < 4.78 is 23.6. The van der Waals surface area contributed by atoms with Crippen LogP contribution < -0.4 is 11.1 Å². The van der Waals surface area contributed by atoms with Gasteiger partial charge in [-0.25, -0.2) is 18.4 Å². The molecular weight excluding hydrogens is 408 g/mol. The Kier molecular flexibility index (Phi) is 5.64. The summed E-state index contributed by atoms with van der Waals surface area (Å²) >= 11 is 0. The van der Waals surface area contributed by atoms with Gasteiger partial charge in [0.25, 0.3) is 0 Å². The van der Waals surface area contributed by atoms with Gasteiger partial charge in [0, 0.05) is 11.1 Å². The molecular formula is C24H30N4O2S. The van der Waals surface area contributed by atoms with Crippen LogP contribution in [0.25, 0.3) is 10.9 Å². The fourth-order valence-corrected chi connectivity index (χ4v) is 5.99. The Morgan fingerprint density at radius 2 is 1.77 bits per heavy atom. The number of hydrogen-bond acceptors (Lipinski definition) is 6. The second-order valence-electron chi connectivity index (χ2n) is 8.74. The highest BCUT2D eigenvalue weighted by molar-refractivity contribution is 7.91. The summed E-state index contributed by atoms with van der Waals surface area (Å²) in [6.45, 7) is 8.19. The molecule has 1 aliphatic heterocycles. The van der Waals surface area contributed by atoms with Gasteiger partial charge in [0.05, 0.1) is 23.1 Å². The monoisotopic (exact) mass is 438 g/mol. The Morgan fingerprint density at radius 1 is 1.06 bits per heavy atom. The Hall–Kier alpha value is -2.67. The van der Waals surface area contributed by atoms with Crippen molar-refractivity contribution in [2.45, 2.75) is 52.5 Å². The number of nitrogen functional groups attached to an aromatic ring is 1. The van der Waals surface area contributed by atoms with Gasteiger partial charge in [0.15, 0.2) is 0 Å². The Bertz CT molecular complexity index is 1240. The number of rotatable bonds is 4. The molecule has 0 radical (unpaired) electrons. The number of anilines is 2. The van der Waals surface area contributed by atoms with Gasteiger partial charge in [-0.1, -0.05) is 6.07 Å². The molecule has 1 saturated heterocycles. The third-order valence-electron chi connectivity index (χ3n) is 6.41. The molecule has 2 aromatic carbocycles. The molecule has 1 aliphatic rings. The molecule has 2 heterocycles. The highest BCUT2D eigenvalue weighted by Gasteiger charge is 2.25. The van der Waals surface area contributed by atoms with Crippen LogP contribution in [0.5, 0.6) is 0 Å². The van der Waals surface area contributed by atoms with Crippen LogP contribution in [-0.4, -0.2) is 29.9 Å². The number of aryl methyl sites for hydroxylation is 2. The molecule has 0 unspecified atom stereocenters. The average molecular weight is 439 g/mol. The first-order valence-corrected chi connectivity index (χ1v) is 12.6. The maximum Gasteiger partial charge on any atom is 0.150 e. The van der Waals surface area contributed by atoms with Crippen LogP contribution in [0.15, 0.2) is 30.3 Å². The third kappa shape index (κ3) is 4.51. The number of hydrogen-bond donors (Lipinski definition) is 2. The second kappa shape index (κ2) is 8.11. The van der Waals surface area contributed by atoms with E-state index < -0.39 is 9.84 Å². The molecule has 0 amide bonds.